The summed E-state index contributed by atoms with van der Waals surface area (Å²) < 4.78 is 0. The molecule has 0 bridgehead atoms. The average Bonchev–Trinajstić information content (AvgIpc) is 2.73. The molecule has 1 rings (SSSR count). The molecule has 114 valence electrons. The summed E-state index contributed by atoms with van der Waals surface area (Å²) in [6.45, 7) is 5.55. The lowest BCUT2D eigenvalue weighted by Crippen LogP contribution is -2.47. The van der Waals surface area contributed by atoms with Crippen LogP contribution in [0.2, 0.25) is 0 Å². The molecule has 2 atom stereocenters. The van der Waals surface area contributed by atoms with Gasteiger partial charge in [0.2, 0.25) is 11.8 Å². The second kappa shape index (κ2) is 6.24. The molecular weight excluding hydrogens is 260 g/mol. The fraction of sp³-hybridized carbons (Fsp3) is 0.786. The van der Waals surface area contributed by atoms with Gasteiger partial charge in [-0.1, -0.05) is 6.42 Å². The summed E-state index contributed by atoms with van der Waals surface area (Å²) in [5.74, 6) is -2.53. The van der Waals surface area contributed by atoms with Gasteiger partial charge in [0, 0.05) is 12.6 Å². The maximum atomic E-state index is 12.2. The van der Waals surface area contributed by atoms with Crippen LogP contribution in [0.1, 0.15) is 40.0 Å². The van der Waals surface area contributed by atoms with E-state index in [0.717, 1.165) is 6.42 Å². The quantitative estimate of drug-likeness (QED) is 0.801. The van der Waals surface area contributed by atoms with Crippen molar-refractivity contribution in [2.75, 3.05) is 13.6 Å². The van der Waals surface area contributed by atoms with Crippen molar-refractivity contribution in [3.8, 4) is 0 Å². The Kier molecular flexibility index (Phi) is 5.14. The van der Waals surface area contributed by atoms with Crippen LogP contribution < -0.4 is 5.32 Å². The van der Waals surface area contributed by atoms with Gasteiger partial charge in [0.1, 0.15) is 0 Å². The Hall–Kier alpha value is -1.59. The van der Waals surface area contributed by atoms with Gasteiger partial charge in [0.05, 0.1) is 18.4 Å². The van der Waals surface area contributed by atoms with Crippen molar-refractivity contribution in [2.45, 2.75) is 45.6 Å². The summed E-state index contributed by atoms with van der Waals surface area (Å²) in [6.07, 6.45) is 1.87. The predicted octanol–water partition coefficient (Wildman–Crippen LogP) is 0.860. The first-order chi connectivity index (χ1) is 9.11. The summed E-state index contributed by atoms with van der Waals surface area (Å²) in [5.41, 5.74) is -0.349. The second-order valence-electron chi connectivity index (χ2n) is 6.47. The maximum absolute atomic E-state index is 12.2. The Labute approximate surface area is 119 Å². The molecule has 6 heteroatoms. The van der Waals surface area contributed by atoms with Crippen molar-refractivity contribution >= 4 is 17.8 Å². The van der Waals surface area contributed by atoms with E-state index in [1.807, 2.05) is 20.8 Å². The number of hydrogen-bond acceptors (Lipinski definition) is 3. The first kappa shape index (κ1) is 16.5. The molecule has 2 N–H and O–H groups in total. The number of hydrogen-bond donors (Lipinski definition) is 2. The van der Waals surface area contributed by atoms with Gasteiger partial charge in [-0.05, 0) is 33.6 Å². The van der Waals surface area contributed by atoms with Crippen LogP contribution in [-0.4, -0.2) is 46.9 Å². The fourth-order valence-electron chi connectivity index (χ4n) is 2.59. The molecule has 0 unspecified atom stereocenters. The molecule has 1 aliphatic rings. The third-order valence-electron chi connectivity index (χ3n) is 3.42. The molecule has 0 aromatic carbocycles. The van der Waals surface area contributed by atoms with E-state index in [1.165, 1.54) is 4.90 Å². The van der Waals surface area contributed by atoms with Gasteiger partial charge >= 0.3 is 5.97 Å². The van der Waals surface area contributed by atoms with Crippen LogP contribution in [0.4, 0.5) is 0 Å². The largest absolute Gasteiger partial charge is 0.481 e. The lowest BCUT2D eigenvalue weighted by Gasteiger charge is -2.26. The Bertz CT molecular complexity index is 400. The smallest absolute Gasteiger partial charge is 0.307 e. The van der Waals surface area contributed by atoms with Gasteiger partial charge in [-0.25, -0.2) is 0 Å². The van der Waals surface area contributed by atoms with Crippen molar-refractivity contribution in [1.29, 1.82) is 0 Å². The topological polar surface area (TPSA) is 86.7 Å². The standard InChI is InChI=1S/C14H24N2O4/c1-14(2,3)15-11(17)8-16(4)12(18)9-6-5-7-10(9)13(19)20/h9-10H,5-8H2,1-4H3,(H,15,17)(H,19,20)/t9-,10+/m1/s1. The Balaban J connectivity index is 2.59. The van der Waals surface area contributed by atoms with Crippen LogP contribution >= 0.6 is 0 Å². The zero-order valence-corrected chi connectivity index (χ0v) is 12.6. The molecule has 1 aliphatic carbocycles. The van der Waals surface area contributed by atoms with Crippen molar-refractivity contribution < 1.29 is 19.5 Å². The van der Waals surface area contributed by atoms with Crippen LogP contribution in [0.25, 0.3) is 0 Å². The molecule has 1 fully saturated rings. The van der Waals surface area contributed by atoms with E-state index in [1.54, 1.807) is 7.05 Å². The monoisotopic (exact) mass is 284 g/mol. The van der Waals surface area contributed by atoms with Gasteiger partial charge < -0.3 is 15.3 Å². The fourth-order valence-corrected chi connectivity index (χ4v) is 2.59. The van der Waals surface area contributed by atoms with E-state index in [0.29, 0.717) is 12.8 Å². The molecule has 0 spiro atoms. The van der Waals surface area contributed by atoms with Crippen LogP contribution in [0.5, 0.6) is 0 Å². The lowest BCUT2D eigenvalue weighted by atomic mass is 9.95. The summed E-state index contributed by atoms with van der Waals surface area (Å²) >= 11 is 0. The summed E-state index contributed by atoms with van der Waals surface area (Å²) in [5, 5.41) is 11.9. The Morgan fingerprint density at radius 2 is 1.75 bits per heavy atom. The number of carboxylic acid groups (broad SMARTS) is 1. The van der Waals surface area contributed by atoms with Crippen LogP contribution in [0, 0.1) is 11.8 Å². The molecule has 6 nitrogen and oxygen atoms in total. The second-order valence-corrected chi connectivity index (χ2v) is 6.47. The molecule has 1 saturated carbocycles. The van der Waals surface area contributed by atoms with E-state index in [4.69, 9.17) is 5.11 Å². The average molecular weight is 284 g/mol. The van der Waals surface area contributed by atoms with Crippen LogP contribution in [0.3, 0.4) is 0 Å². The number of nitrogens with one attached hydrogen (secondary N) is 1. The third-order valence-corrected chi connectivity index (χ3v) is 3.42. The number of nitrogens with zero attached hydrogens (tertiary/aromatic N) is 1. The highest BCUT2D eigenvalue weighted by Crippen LogP contribution is 2.33. The van der Waals surface area contributed by atoms with Crippen molar-refractivity contribution in [1.82, 2.24) is 10.2 Å². The van der Waals surface area contributed by atoms with Gasteiger partial charge in [-0.2, -0.15) is 0 Å². The first-order valence-electron chi connectivity index (χ1n) is 6.90. The predicted molar refractivity (Wildman–Crippen MR) is 74.0 cm³/mol. The molecule has 0 saturated heterocycles. The van der Waals surface area contributed by atoms with Gasteiger partial charge in [0.25, 0.3) is 0 Å². The molecule has 20 heavy (non-hydrogen) atoms. The SMILES string of the molecule is CN(CC(=O)NC(C)(C)C)C(=O)[C@@H]1CCC[C@@H]1C(=O)O. The van der Waals surface area contributed by atoms with Crippen LogP contribution in [0.15, 0.2) is 0 Å². The minimum atomic E-state index is -0.923. The van der Waals surface area contributed by atoms with E-state index in [-0.39, 0.29) is 23.9 Å². The molecule has 0 aliphatic heterocycles. The number of carbonyl (C=O) groups is 3. The minimum absolute atomic E-state index is 0.0427. The highest BCUT2D eigenvalue weighted by atomic mass is 16.4. The Morgan fingerprint density at radius 1 is 1.20 bits per heavy atom. The number of carboxylic acids is 1. The number of amides is 2. The molecule has 0 aromatic heterocycles. The molecule has 2 amide bonds. The molecule has 0 radical (unpaired) electrons. The van der Waals surface area contributed by atoms with Crippen molar-refractivity contribution in [3.63, 3.8) is 0 Å². The number of carbonyl (C=O) groups excluding carboxylic acids is 2. The number of likely N-dealkylation sites (N-methyl/N-ethyl adjacent to an activating group) is 1. The van der Waals surface area contributed by atoms with Crippen molar-refractivity contribution in [2.24, 2.45) is 11.8 Å². The summed E-state index contributed by atoms with van der Waals surface area (Å²) in [6, 6.07) is 0. The highest BCUT2D eigenvalue weighted by molar-refractivity contribution is 5.88. The van der Waals surface area contributed by atoms with E-state index >= 15 is 0 Å². The molecule has 0 aromatic rings. The Morgan fingerprint density at radius 3 is 2.25 bits per heavy atom. The summed E-state index contributed by atoms with van der Waals surface area (Å²) in [7, 11) is 1.54. The van der Waals surface area contributed by atoms with Crippen LogP contribution in [-0.2, 0) is 14.4 Å². The zero-order chi connectivity index (χ0) is 15.5. The summed E-state index contributed by atoms with van der Waals surface area (Å²) in [4.78, 5) is 36.5. The first-order valence-corrected chi connectivity index (χ1v) is 6.90. The molecule has 0 heterocycles. The lowest BCUT2D eigenvalue weighted by molar-refractivity contribution is -0.149. The van der Waals surface area contributed by atoms with Gasteiger partial charge in [0.15, 0.2) is 0 Å². The normalized spacial score (nSPS) is 22.4. The van der Waals surface area contributed by atoms with Gasteiger partial charge in [-0.15, -0.1) is 0 Å². The van der Waals surface area contributed by atoms with E-state index in [2.05, 4.69) is 5.32 Å². The maximum Gasteiger partial charge on any atom is 0.307 e. The van der Waals surface area contributed by atoms with E-state index < -0.39 is 17.8 Å². The number of aliphatic carboxylic acids is 1. The number of rotatable bonds is 4. The van der Waals surface area contributed by atoms with Gasteiger partial charge in [-0.3, -0.25) is 14.4 Å². The minimum Gasteiger partial charge on any atom is -0.481 e. The van der Waals surface area contributed by atoms with E-state index in [9.17, 15) is 14.4 Å². The third kappa shape index (κ3) is 4.51. The van der Waals surface area contributed by atoms with Crippen molar-refractivity contribution in [3.05, 3.63) is 0 Å². The zero-order valence-electron chi connectivity index (χ0n) is 12.6. The highest BCUT2D eigenvalue weighted by Gasteiger charge is 2.39. The molecular formula is C14H24N2O4.